The molecule has 0 spiro atoms. The lowest BCUT2D eigenvalue weighted by atomic mass is 10.0. The highest BCUT2D eigenvalue weighted by atomic mass is 35.5. The van der Waals surface area contributed by atoms with Crippen LogP contribution in [0.1, 0.15) is 71.9 Å². The fourth-order valence-electron chi connectivity index (χ4n) is 5.27. The highest BCUT2D eigenvalue weighted by Gasteiger charge is 2.45. The van der Waals surface area contributed by atoms with Gasteiger partial charge in [-0.3, -0.25) is 38.9 Å². The highest BCUT2D eigenvalue weighted by Crippen LogP contribution is 2.32. The molecule has 0 bridgehead atoms. The summed E-state index contributed by atoms with van der Waals surface area (Å²) in [4.78, 5) is 65.3. The van der Waals surface area contributed by atoms with Gasteiger partial charge in [-0.15, -0.1) is 12.4 Å². The first kappa shape index (κ1) is 28.2. The van der Waals surface area contributed by atoms with Gasteiger partial charge in [0.15, 0.2) is 0 Å². The molecule has 4 N–H and O–H groups in total. The number of hydrogen-bond acceptors (Lipinski definition) is 8. The van der Waals surface area contributed by atoms with E-state index < -0.39 is 35.2 Å². The third-order valence-corrected chi connectivity index (χ3v) is 7.28. The number of nitrogens with one attached hydrogen (secondary N) is 2. The molecule has 2 saturated heterocycles. The number of rotatable bonds is 6. The van der Waals surface area contributed by atoms with E-state index in [0.717, 1.165) is 23.3 Å². The maximum Gasteiger partial charge on any atom is 0.264 e. The second kappa shape index (κ2) is 10.8. The highest BCUT2D eigenvalue weighted by molar-refractivity contribution is 6.25. The molecule has 0 saturated carbocycles. The van der Waals surface area contributed by atoms with Crippen molar-refractivity contribution in [3.8, 4) is 0 Å². The van der Waals surface area contributed by atoms with Crippen molar-refractivity contribution in [2.45, 2.75) is 63.7 Å². The Morgan fingerprint density at radius 3 is 2.51 bits per heavy atom. The molecular formula is C26H32ClN7O5. The second-order valence-corrected chi connectivity index (χ2v) is 10.6. The molecule has 1 aromatic carbocycles. The van der Waals surface area contributed by atoms with Crippen LogP contribution < -0.4 is 16.4 Å². The van der Waals surface area contributed by atoms with E-state index in [1.54, 1.807) is 43.1 Å². The quantitative estimate of drug-likeness (QED) is 0.447. The average Bonchev–Trinajstić information content (AvgIpc) is 3.45. The first-order valence-electron chi connectivity index (χ1n) is 12.7. The van der Waals surface area contributed by atoms with E-state index >= 15 is 0 Å². The minimum atomic E-state index is -1.01. The maximum atomic E-state index is 13.3. The third-order valence-electron chi connectivity index (χ3n) is 7.28. The lowest BCUT2D eigenvalue weighted by Crippen LogP contribution is -2.54. The number of anilines is 1. The van der Waals surface area contributed by atoms with E-state index in [0.29, 0.717) is 25.3 Å². The zero-order valence-corrected chi connectivity index (χ0v) is 22.6. The van der Waals surface area contributed by atoms with Crippen LogP contribution >= 0.6 is 12.4 Å². The van der Waals surface area contributed by atoms with Crippen molar-refractivity contribution >= 4 is 47.6 Å². The Balaban J connectivity index is 0.00000353. The smallest absolute Gasteiger partial charge is 0.264 e. The summed E-state index contributed by atoms with van der Waals surface area (Å²) >= 11 is 0. The predicted molar refractivity (Wildman–Crippen MR) is 143 cm³/mol. The van der Waals surface area contributed by atoms with Gasteiger partial charge in [-0.1, -0.05) is 6.07 Å². The fourth-order valence-corrected chi connectivity index (χ4v) is 5.27. The van der Waals surface area contributed by atoms with Gasteiger partial charge in [-0.05, 0) is 45.2 Å². The molecule has 4 heterocycles. The van der Waals surface area contributed by atoms with Crippen LogP contribution in [-0.4, -0.2) is 73.8 Å². The number of halogens is 1. The molecule has 0 radical (unpaired) electrons. The number of amides is 5. The molecule has 39 heavy (non-hydrogen) atoms. The molecule has 5 rings (SSSR count). The molecule has 1 aromatic heterocycles. The van der Waals surface area contributed by atoms with Gasteiger partial charge in [0.05, 0.1) is 28.9 Å². The van der Waals surface area contributed by atoms with Crippen molar-refractivity contribution < 1.29 is 24.0 Å². The lowest BCUT2D eigenvalue weighted by Gasteiger charge is -2.35. The minimum Gasteiger partial charge on any atom is -0.380 e. The van der Waals surface area contributed by atoms with Crippen LogP contribution in [0.3, 0.4) is 0 Å². The summed E-state index contributed by atoms with van der Waals surface area (Å²) in [6, 6.07) is 4.11. The molecule has 1 unspecified atom stereocenters. The number of piperidine rings is 2. The molecule has 13 heteroatoms. The number of hydrogen-bond donors (Lipinski definition) is 3. The van der Waals surface area contributed by atoms with E-state index in [4.69, 9.17) is 5.73 Å². The van der Waals surface area contributed by atoms with Crippen molar-refractivity contribution in [3.63, 3.8) is 0 Å². The summed E-state index contributed by atoms with van der Waals surface area (Å²) in [5.41, 5.74) is 6.89. The predicted octanol–water partition coefficient (Wildman–Crippen LogP) is 1.22. The lowest BCUT2D eigenvalue weighted by molar-refractivity contribution is -0.137. The van der Waals surface area contributed by atoms with Crippen LogP contribution in [0.4, 0.5) is 5.69 Å². The van der Waals surface area contributed by atoms with E-state index in [-0.39, 0.29) is 48.3 Å². The van der Waals surface area contributed by atoms with Crippen molar-refractivity contribution in [1.82, 2.24) is 24.9 Å². The SMILES string of the molecule is CC(C)(N)C(=O)N1CCC(n2cc(CNc3cccc4c3C(=O)N(C3CCC(=O)NC3=O)C4=O)cn2)CC1.Cl. The Hall–Kier alpha value is -3.77. The number of fused-ring (bicyclic) bond motifs is 1. The first-order valence-corrected chi connectivity index (χ1v) is 12.7. The Kier molecular flexibility index (Phi) is 7.80. The molecule has 3 aliphatic heterocycles. The van der Waals surface area contributed by atoms with Crippen LogP contribution in [0.25, 0.3) is 0 Å². The maximum absolute atomic E-state index is 13.3. The third kappa shape index (κ3) is 5.39. The van der Waals surface area contributed by atoms with E-state index in [9.17, 15) is 24.0 Å². The summed E-state index contributed by atoms with van der Waals surface area (Å²) < 4.78 is 1.90. The monoisotopic (exact) mass is 557 g/mol. The van der Waals surface area contributed by atoms with Gasteiger partial charge >= 0.3 is 0 Å². The summed E-state index contributed by atoms with van der Waals surface area (Å²) in [7, 11) is 0. The Morgan fingerprint density at radius 2 is 1.85 bits per heavy atom. The summed E-state index contributed by atoms with van der Waals surface area (Å²) in [6.07, 6.45) is 5.41. The number of likely N-dealkylation sites (tertiary alicyclic amines) is 1. The van der Waals surface area contributed by atoms with Crippen LogP contribution in [0.15, 0.2) is 30.6 Å². The van der Waals surface area contributed by atoms with Crippen molar-refractivity contribution in [2.24, 2.45) is 5.73 Å². The Labute approximate surface area is 231 Å². The number of carbonyl (C=O) groups excluding carboxylic acids is 5. The normalized spacial score (nSPS) is 20.0. The van der Waals surface area contributed by atoms with Gasteiger partial charge in [0.25, 0.3) is 11.8 Å². The number of benzene rings is 1. The Bertz CT molecular complexity index is 1330. The average molecular weight is 558 g/mol. The van der Waals surface area contributed by atoms with E-state index in [2.05, 4.69) is 15.7 Å². The van der Waals surface area contributed by atoms with Gasteiger partial charge in [0.2, 0.25) is 17.7 Å². The van der Waals surface area contributed by atoms with Crippen LogP contribution in [-0.2, 0) is 20.9 Å². The largest absolute Gasteiger partial charge is 0.380 e. The molecule has 0 aliphatic carbocycles. The van der Waals surface area contributed by atoms with Gasteiger partial charge in [0.1, 0.15) is 6.04 Å². The van der Waals surface area contributed by atoms with E-state index in [1.807, 2.05) is 10.9 Å². The molecule has 1 atom stereocenters. The zero-order valence-electron chi connectivity index (χ0n) is 21.8. The standard InChI is InChI=1S/C26H31N7O5.ClH/c1-26(2,27)25(38)31-10-8-16(9-11-31)32-14-15(13-29-32)12-28-18-5-3-4-17-21(18)24(37)33(23(17)36)19-6-7-20(34)30-22(19)35;/h3-5,13-14,16,19,28H,6-12,27H2,1-2H3,(H,30,34,35);1H. The molecule has 3 aliphatic rings. The first-order chi connectivity index (χ1) is 18.0. The fraction of sp³-hybridized carbons (Fsp3) is 0.462. The summed E-state index contributed by atoms with van der Waals surface area (Å²) in [5.74, 6) is -2.20. The van der Waals surface area contributed by atoms with Gasteiger partial charge in [-0.2, -0.15) is 5.10 Å². The van der Waals surface area contributed by atoms with Crippen molar-refractivity contribution in [1.29, 1.82) is 0 Å². The molecule has 2 fully saturated rings. The van der Waals surface area contributed by atoms with Crippen molar-refractivity contribution in [2.75, 3.05) is 18.4 Å². The number of carbonyl (C=O) groups is 5. The van der Waals surface area contributed by atoms with Crippen molar-refractivity contribution in [3.05, 3.63) is 47.3 Å². The molecular weight excluding hydrogens is 526 g/mol. The Morgan fingerprint density at radius 1 is 1.13 bits per heavy atom. The topological polar surface area (TPSA) is 160 Å². The van der Waals surface area contributed by atoms with Gasteiger partial charge in [-0.25, -0.2) is 0 Å². The number of nitrogens with two attached hydrogens (primary N) is 1. The molecule has 12 nitrogen and oxygen atoms in total. The number of aromatic nitrogens is 2. The van der Waals surface area contributed by atoms with Crippen LogP contribution in [0, 0.1) is 0 Å². The summed E-state index contributed by atoms with van der Waals surface area (Å²) in [6.45, 7) is 5.04. The second-order valence-electron chi connectivity index (χ2n) is 10.6. The minimum absolute atomic E-state index is 0. The zero-order chi connectivity index (χ0) is 27.2. The van der Waals surface area contributed by atoms with Crippen LogP contribution in [0.2, 0.25) is 0 Å². The van der Waals surface area contributed by atoms with Gasteiger partial charge in [0, 0.05) is 43.5 Å². The van der Waals surface area contributed by atoms with E-state index in [1.165, 1.54) is 0 Å². The molecule has 208 valence electrons. The summed E-state index contributed by atoms with van der Waals surface area (Å²) in [5, 5.41) is 9.94. The number of nitrogens with zero attached hydrogens (tertiary/aromatic N) is 4. The molecule has 5 amide bonds. The number of imide groups is 2. The van der Waals surface area contributed by atoms with Crippen LogP contribution in [0.5, 0.6) is 0 Å². The van der Waals surface area contributed by atoms with Gasteiger partial charge < -0.3 is 16.0 Å². The molecule has 2 aromatic rings.